The summed E-state index contributed by atoms with van der Waals surface area (Å²) in [6, 6.07) is 0. The maximum Gasteiger partial charge on any atom is 0.306 e. The van der Waals surface area contributed by atoms with E-state index in [1.54, 1.807) is 0 Å². The number of carbonyl (C=O) groups is 1. The van der Waals surface area contributed by atoms with Gasteiger partial charge in [-0.2, -0.15) is 0 Å². The zero-order valence-corrected chi connectivity index (χ0v) is 11.4. The van der Waals surface area contributed by atoms with Crippen LogP contribution in [-0.2, 0) is 19.0 Å². The lowest BCUT2D eigenvalue weighted by Gasteiger charge is -2.23. The second kappa shape index (κ2) is 8.45. The van der Waals surface area contributed by atoms with Crippen molar-refractivity contribution in [3.8, 4) is 0 Å². The molecule has 18 heavy (non-hydrogen) atoms. The van der Waals surface area contributed by atoms with Crippen molar-refractivity contribution in [3.63, 3.8) is 0 Å². The Morgan fingerprint density at radius 3 is 2.78 bits per heavy atom. The van der Waals surface area contributed by atoms with Crippen molar-refractivity contribution < 1.29 is 19.0 Å². The van der Waals surface area contributed by atoms with E-state index in [1.165, 1.54) is 0 Å². The lowest BCUT2D eigenvalue weighted by atomic mass is 9.94. The van der Waals surface area contributed by atoms with Gasteiger partial charge in [0.25, 0.3) is 0 Å². The minimum atomic E-state index is -0.194. The molecule has 0 saturated carbocycles. The third kappa shape index (κ3) is 6.33. The molecule has 0 aliphatic carbocycles. The molecule has 0 aromatic rings. The Hall–Kier alpha value is -0.650. The first kappa shape index (κ1) is 15.4. The standard InChI is InChI=1S/C13H25NO4/c1-10(2)5-11(7-14)6-13(15)18-9-12-8-16-3-4-17-12/h10-12H,3-9,14H2,1-2H3/t11-,12?/m0/s1. The van der Waals surface area contributed by atoms with Gasteiger partial charge in [-0.1, -0.05) is 13.8 Å². The monoisotopic (exact) mass is 259 g/mol. The van der Waals surface area contributed by atoms with Gasteiger partial charge in [0.1, 0.15) is 12.7 Å². The minimum Gasteiger partial charge on any atom is -0.463 e. The number of hydrogen-bond donors (Lipinski definition) is 1. The molecule has 0 radical (unpaired) electrons. The topological polar surface area (TPSA) is 70.8 Å². The molecule has 0 amide bonds. The van der Waals surface area contributed by atoms with E-state index in [2.05, 4.69) is 13.8 Å². The Bertz CT molecular complexity index is 239. The van der Waals surface area contributed by atoms with Crippen molar-refractivity contribution in [2.45, 2.75) is 32.8 Å². The van der Waals surface area contributed by atoms with Crippen LogP contribution < -0.4 is 5.73 Å². The van der Waals surface area contributed by atoms with Crippen LogP contribution in [0.25, 0.3) is 0 Å². The molecular formula is C13H25NO4. The van der Waals surface area contributed by atoms with E-state index in [0.717, 1.165) is 6.42 Å². The summed E-state index contributed by atoms with van der Waals surface area (Å²) in [5.74, 6) is 0.558. The van der Waals surface area contributed by atoms with Gasteiger partial charge in [-0.3, -0.25) is 4.79 Å². The second-order valence-electron chi connectivity index (χ2n) is 5.19. The highest BCUT2D eigenvalue weighted by Gasteiger charge is 2.19. The first-order valence-electron chi connectivity index (χ1n) is 6.66. The van der Waals surface area contributed by atoms with E-state index in [4.69, 9.17) is 19.9 Å². The second-order valence-corrected chi connectivity index (χ2v) is 5.19. The summed E-state index contributed by atoms with van der Waals surface area (Å²) in [6.45, 7) is 6.74. The smallest absolute Gasteiger partial charge is 0.306 e. The Labute approximate surface area is 109 Å². The highest BCUT2D eigenvalue weighted by Crippen LogP contribution is 2.15. The summed E-state index contributed by atoms with van der Waals surface area (Å²) in [6.07, 6.45) is 1.22. The van der Waals surface area contributed by atoms with E-state index < -0.39 is 0 Å². The SMILES string of the molecule is CC(C)C[C@H](CN)CC(=O)OCC1COCCO1. The zero-order chi connectivity index (χ0) is 13.4. The average Bonchev–Trinajstić information content (AvgIpc) is 2.36. The number of rotatable bonds is 7. The van der Waals surface area contributed by atoms with Crippen LogP contribution in [0.3, 0.4) is 0 Å². The van der Waals surface area contributed by atoms with Crippen LogP contribution >= 0.6 is 0 Å². The molecule has 0 aromatic carbocycles. The van der Waals surface area contributed by atoms with Gasteiger partial charge in [0.2, 0.25) is 0 Å². The minimum absolute atomic E-state index is 0.121. The van der Waals surface area contributed by atoms with E-state index in [-0.39, 0.29) is 24.6 Å². The summed E-state index contributed by atoms with van der Waals surface area (Å²) in [7, 11) is 0. The predicted molar refractivity (Wildman–Crippen MR) is 68.1 cm³/mol. The van der Waals surface area contributed by atoms with Gasteiger partial charge in [0.15, 0.2) is 0 Å². The quantitative estimate of drug-likeness (QED) is 0.689. The largest absolute Gasteiger partial charge is 0.463 e. The van der Waals surface area contributed by atoms with Gasteiger partial charge in [-0.25, -0.2) is 0 Å². The Morgan fingerprint density at radius 2 is 2.22 bits per heavy atom. The van der Waals surface area contributed by atoms with Crippen LogP contribution in [0, 0.1) is 11.8 Å². The molecule has 0 spiro atoms. The van der Waals surface area contributed by atoms with Crippen LogP contribution in [0.5, 0.6) is 0 Å². The fourth-order valence-corrected chi connectivity index (χ4v) is 2.04. The van der Waals surface area contributed by atoms with Gasteiger partial charge in [0, 0.05) is 6.42 Å². The first-order valence-corrected chi connectivity index (χ1v) is 6.66. The van der Waals surface area contributed by atoms with Crippen molar-refractivity contribution in [3.05, 3.63) is 0 Å². The molecule has 1 saturated heterocycles. The van der Waals surface area contributed by atoms with Gasteiger partial charge in [0.05, 0.1) is 19.8 Å². The highest BCUT2D eigenvalue weighted by atomic mass is 16.6. The lowest BCUT2D eigenvalue weighted by Crippen LogP contribution is -2.33. The van der Waals surface area contributed by atoms with Gasteiger partial charge < -0.3 is 19.9 Å². The number of ether oxygens (including phenoxy) is 3. The van der Waals surface area contributed by atoms with E-state index in [9.17, 15) is 4.79 Å². The molecule has 1 heterocycles. The molecule has 1 aliphatic heterocycles. The summed E-state index contributed by atoms with van der Waals surface area (Å²) in [4.78, 5) is 11.7. The Morgan fingerprint density at radius 1 is 1.44 bits per heavy atom. The van der Waals surface area contributed by atoms with Crippen molar-refractivity contribution in [1.29, 1.82) is 0 Å². The van der Waals surface area contributed by atoms with Gasteiger partial charge in [-0.15, -0.1) is 0 Å². The molecule has 1 unspecified atom stereocenters. The Balaban J connectivity index is 2.18. The summed E-state index contributed by atoms with van der Waals surface area (Å²) in [5.41, 5.74) is 5.66. The van der Waals surface area contributed by atoms with Crippen LogP contribution in [0.15, 0.2) is 0 Å². The zero-order valence-electron chi connectivity index (χ0n) is 11.4. The fraction of sp³-hybridized carbons (Fsp3) is 0.923. The molecule has 1 fully saturated rings. The molecule has 0 aromatic heterocycles. The number of esters is 1. The Kier molecular flexibility index (Phi) is 7.23. The van der Waals surface area contributed by atoms with Crippen LogP contribution in [0.1, 0.15) is 26.7 Å². The third-order valence-corrected chi connectivity index (χ3v) is 2.91. The van der Waals surface area contributed by atoms with Crippen molar-refractivity contribution in [2.24, 2.45) is 17.6 Å². The van der Waals surface area contributed by atoms with Gasteiger partial charge >= 0.3 is 5.97 Å². The van der Waals surface area contributed by atoms with Crippen molar-refractivity contribution in [2.75, 3.05) is 33.0 Å². The lowest BCUT2D eigenvalue weighted by molar-refractivity contribution is -0.156. The average molecular weight is 259 g/mol. The molecule has 0 bridgehead atoms. The van der Waals surface area contributed by atoms with E-state index >= 15 is 0 Å². The van der Waals surface area contributed by atoms with Gasteiger partial charge in [-0.05, 0) is 24.8 Å². The molecule has 2 N–H and O–H groups in total. The summed E-state index contributed by atoms with van der Waals surface area (Å²) >= 11 is 0. The predicted octanol–water partition coefficient (Wildman–Crippen LogP) is 0.956. The highest BCUT2D eigenvalue weighted by molar-refractivity contribution is 5.69. The number of hydrogen-bond acceptors (Lipinski definition) is 5. The van der Waals surface area contributed by atoms with Crippen LogP contribution in [0.2, 0.25) is 0 Å². The maximum atomic E-state index is 11.7. The molecule has 5 nitrogen and oxygen atoms in total. The van der Waals surface area contributed by atoms with Crippen molar-refractivity contribution in [1.82, 2.24) is 0 Å². The molecule has 2 atom stereocenters. The summed E-state index contributed by atoms with van der Waals surface area (Å²) in [5, 5.41) is 0. The third-order valence-electron chi connectivity index (χ3n) is 2.91. The van der Waals surface area contributed by atoms with Crippen LogP contribution in [-0.4, -0.2) is 45.0 Å². The molecular weight excluding hydrogens is 234 g/mol. The maximum absolute atomic E-state index is 11.7. The number of carbonyl (C=O) groups excluding carboxylic acids is 1. The van der Waals surface area contributed by atoms with E-state index in [0.29, 0.717) is 38.7 Å². The number of nitrogens with two attached hydrogens (primary N) is 1. The molecule has 5 heteroatoms. The normalized spacial score (nSPS) is 21.9. The van der Waals surface area contributed by atoms with Crippen molar-refractivity contribution >= 4 is 5.97 Å². The molecule has 1 aliphatic rings. The van der Waals surface area contributed by atoms with Crippen LogP contribution in [0.4, 0.5) is 0 Å². The fourth-order valence-electron chi connectivity index (χ4n) is 2.04. The molecule has 1 rings (SSSR count). The molecule has 106 valence electrons. The first-order chi connectivity index (χ1) is 8.61. The van der Waals surface area contributed by atoms with E-state index in [1.807, 2.05) is 0 Å². The summed E-state index contributed by atoms with van der Waals surface area (Å²) < 4.78 is 15.8.